The Balaban J connectivity index is 1.80. The van der Waals surface area contributed by atoms with Gasteiger partial charge in [-0.05, 0) is 68.0 Å². The number of likely N-dealkylation sites (N-methyl/N-ethyl adjacent to an activating group) is 1. The number of fused-ring (bicyclic) bond motifs is 2. The summed E-state index contributed by atoms with van der Waals surface area (Å²) in [7, 11) is 1.58. The molecule has 0 radical (unpaired) electrons. The van der Waals surface area contributed by atoms with Gasteiger partial charge in [0.15, 0.2) is 11.6 Å². The van der Waals surface area contributed by atoms with Gasteiger partial charge in [-0.15, -0.1) is 0 Å². The maximum atomic E-state index is 14.7. The molecule has 5 atom stereocenters. The van der Waals surface area contributed by atoms with Crippen molar-refractivity contribution >= 4 is 17.5 Å². The maximum absolute atomic E-state index is 14.7. The molecule has 2 heterocycles. The molecule has 8 nitrogen and oxygen atoms in total. The largest absolute Gasteiger partial charge is 0.491 e. The average Bonchev–Trinajstić information content (AvgIpc) is 3.40. The SMILES string of the molecule is CCCCO[C@@H]1[C@@H](OCCCC)[C@@]2(c3ccc(Cl)c(Cc4ccc(OCC)c(F)c4)c3)OC[C@](C(=O)NC)(O2)[C@H]1OCCCC. The second kappa shape index (κ2) is 16.5. The lowest BCUT2D eigenvalue weighted by Gasteiger charge is -2.50. The number of rotatable bonds is 18. The zero-order valence-electron chi connectivity index (χ0n) is 27.3. The molecule has 0 unspecified atom stereocenters. The number of hydrogen-bond acceptors (Lipinski definition) is 7. The molecular formula is C35H49ClFNO7. The zero-order chi connectivity index (χ0) is 32.5. The summed E-state index contributed by atoms with van der Waals surface area (Å²) in [4.78, 5) is 13.7. The van der Waals surface area contributed by atoms with E-state index >= 15 is 0 Å². The van der Waals surface area contributed by atoms with E-state index < -0.39 is 35.5 Å². The molecule has 45 heavy (non-hydrogen) atoms. The van der Waals surface area contributed by atoms with E-state index in [1.54, 1.807) is 19.2 Å². The van der Waals surface area contributed by atoms with Crippen LogP contribution in [0, 0.1) is 5.82 Å². The molecule has 10 heteroatoms. The van der Waals surface area contributed by atoms with E-state index in [-0.39, 0.29) is 18.3 Å². The van der Waals surface area contributed by atoms with E-state index in [4.69, 9.17) is 40.0 Å². The number of hydrogen-bond donors (Lipinski definition) is 1. The van der Waals surface area contributed by atoms with Crippen molar-refractivity contribution in [3.8, 4) is 5.75 Å². The van der Waals surface area contributed by atoms with Gasteiger partial charge in [0.25, 0.3) is 5.91 Å². The maximum Gasteiger partial charge on any atom is 0.257 e. The highest BCUT2D eigenvalue weighted by Crippen LogP contribution is 2.53. The predicted octanol–water partition coefficient (Wildman–Crippen LogP) is 6.72. The lowest BCUT2D eigenvalue weighted by Crippen LogP contribution is -2.70. The van der Waals surface area contributed by atoms with Crippen molar-refractivity contribution in [2.45, 2.75) is 102 Å². The Hall–Kier alpha value is -2.27. The molecule has 0 saturated carbocycles. The molecule has 4 rings (SSSR count). The summed E-state index contributed by atoms with van der Waals surface area (Å²) in [5.41, 5.74) is 0.637. The molecule has 2 aromatic carbocycles. The summed E-state index contributed by atoms with van der Waals surface area (Å²) in [5, 5.41) is 3.29. The van der Waals surface area contributed by atoms with Crippen LogP contribution < -0.4 is 10.1 Å². The average molecular weight is 650 g/mol. The molecule has 0 aliphatic carbocycles. The van der Waals surface area contributed by atoms with Crippen molar-refractivity contribution in [3.05, 3.63) is 63.9 Å². The monoisotopic (exact) mass is 649 g/mol. The van der Waals surface area contributed by atoms with Crippen molar-refractivity contribution in [1.29, 1.82) is 0 Å². The number of nitrogens with one attached hydrogen (secondary N) is 1. The highest BCUT2D eigenvalue weighted by molar-refractivity contribution is 6.31. The van der Waals surface area contributed by atoms with Crippen molar-refractivity contribution < 1.29 is 37.6 Å². The Kier molecular flexibility index (Phi) is 13.1. The summed E-state index contributed by atoms with van der Waals surface area (Å²) in [5.74, 6) is -2.06. The van der Waals surface area contributed by atoms with Crippen LogP contribution in [-0.4, -0.2) is 69.9 Å². The molecule has 2 bridgehead atoms. The smallest absolute Gasteiger partial charge is 0.257 e. The van der Waals surface area contributed by atoms with Crippen LogP contribution in [0.2, 0.25) is 5.02 Å². The fourth-order valence-corrected chi connectivity index (χ4v) is 6.16. The second-order valence-corrected chi connectivity index (χ2v) is 12.1. The molecule has 2 fully saturated rings. The minimum atomic E-state index is -1.48. The summed E-state index contributed by atoms with van der Waals surface area (Å²) in [6.45, 7) is 9.78. The van der Waals surface area contributed by atoms with Gasteiger partial charge in [0.05, 0.1) is 13.2 Å². The summed E-state index contributed by atoms with van der Waals surface area (Å²) >= 11 is 6.71. The topological polar surface area (TPSA) is 84.5 Å². The van der Waals surface area contributed by atoms with Crippen LogP contribution >= 0.6 is 11.6 Å². The van der Waals surface area contributed by atoms with Gasteiger partial charge in [0.1, 0.15) is 18.3 Å². The number of carbonyl (C=O) groups excluding carboxylic acids is 1. The third-order valence-corrected chi connectivity index (χ3v) is 8.78. The highest BCUT2D eigenvalue weighted by Gasteiger charge is 2.72. The normalized spacial score (nSPS) is 25.8. The second-order valence-electron chi connectivity index (χ2n) is 11.7. The Morgan fingerprint density at radius 1 is 0.956 bits per heavy atom. The van der Waals surface area contributed by atoms with E-state index in [1.807, 2.05) is 25.1 Å². The molecule has 250 valence electrons. The standard InChI is InChI=1S/C35H49ClFNO7/c1-6-10-17-41-30-31(42-18-11-7-2)34(33(39)38-5)23-44-35(45-34,32(30)43-19-12-8-3)26-14-15-27(36)25(22-26)20-24-13-16-29(40-9-4)28(37)21-24/h13-16,21-22,30-32H,6-12,17-20,23H2,1-5H3,(H,38,39)/t30-,31-,32+,34-,35-/m0/s1. The Labute approximate surface area is 272 Å². The molecule has 1 N–H and O–H groups in total. The number of carbonyl (C=O) groups is 1. The van der Waals surface area contributed by atoms with Gasteiger partial charge in [0.2, 0.25) is 11.4 Å². The molecule has 2 aliphatic rings. The Bertz CT molecular complexity index is 1260. The van der Waals surface area contributed by atoms with E-state index in [0.717, 1.165) is 49.7 Å². The van der Waals surface area contributed by atoms with Crippen molar-refractivity contribution in [2.24, 2.45) is 0 Å². The first-order valence-electron chi connectivity index (χ1n) is 16.4. The van der Waals surface area contributed by atoms with E-state index in [2.05, 4.69) is 26.1 Å². The highest BCUT2D eigenvalue weighted by atomic mass is 35.5. The minimum absolute atomic E-state index is 0.0488. The Morgan fingerprint density at radius 3 is 2.24 bits per heavy atom. The van der Waals surface area contributed by atoms with Crippen molar-refractivity contribution in [3.63, 3.8) is 0 Å². The lowest BCUT2D eigenvalue weighted by molar-refractivity contribution is -0.339. The van der Waals surface area contributed by atoms with Crippen LogP contribution in [0.25, 0.3) is 0 Å². The first-order chi connectivity index (χ1) is 21.8. The van der Waals surface area contributed by atoms with Crippen LogP contribution in [-0.2, 0) is 40.7 Å². The number of amides is 1. The molecule has 2 saturated heterocycles. The van der Waals surface area contributed by atoms with Gasteiger partial charge in [-0.2, -0.15) is 0 Å². The van der Waals surface area contributed by atoms with E-state index in [0.29, 0.717) is 43.4 Å². The van der Waals surface area contributed by atoms with Gasteiger partial charge in [-0.25, -0.2) is 4.39 Å². The first-order valence-corrected chi connectivity index (χ1v) is 16.8. The fraction of sp³-hybridized carbons (Fsp3) is 0.629. The van der Waals surface area contributed by atoms with Crippen molar-refractivity contribution in [2.75, 3.05) is 40.1 Å². The van der Waals surface area contributed by atoms with Crippen LogP contribution in [0.5, 0.6) is 5.75 Å². The zero-order valence-corrected chi connectivity index (χ0v) is 28.1. The van der Waals surface area contributed by atoms with Crippen molar-refractivity contribution in [1.82, 2.24) is 5.32 Å². The third kappa shape index (κ3) is 7.66. The van der Waals surface area contributed by atoms with Gasteiger partial charge in [-0.1, -0.05) is 63.8 Å². The van der Waals surface area contributed by atoms with E-state index in [9.17, 15) is 9.18 Å². The number of ether oxygens (including phenoxy) is 6. The number of halogens is 2. The van der Waals surface area contributed by atoms with Crippen LogP contribution in [0.3, 0.4) is 0 Å². The predicted molar refractivity (Wildman–Crippen MR) is 171 cm³/mol. The van der Waals surface area contributed by atoms with Crippen LogP contribution in [0.1, 0.15) is 82.9 Å². The van der Waals surface area contributed by atoms with Crippen LogP contribution in [0.15, 0.2) is 36.4 Å². The Morgan fingerprint density at radius 2 is 1.62 bits per heavy atom. The third-order valence-electron chi connectivity index (χ3n) is 8.41. The number of unbranched alkanes of at least 4 members (excludes halogenated alkanes) is 3. The minimum Gasteiger partial charge on any atom is -0.491 e. The molecule has 0 spiro atoms. The summed E-state index contributed by atoms with van der Waals surface area (Å²) in [6, 6.07) is 10.4. The van der Waals surface area contributed by atoms with Gasteiger partial charge < -0.3 is 33.7 Å². The summed E-state index contributed by atoms with van der Waals surface area (Å²) < 4.78 is 53.2. The van der Waals surface area contributed by atoms with Gasteiger partial charge in [-0.3, -0.25) is 4.79 Å². The van der Waals surface area contributed by atoms with Crippen LogP contribution in [0.4, 0.5) is 4.39 Å². The molecule has 2 aromatic rings. The first kappa shape index (κ1) is 35.6. The van der Waals surface area contributed by atoms with Gasteiger partial charge >= 0.3 is 0 Å². The quantitative estimate of drug-likeness (QED) is 0.180. The molecular weight excluding hydrogens is 601 g/mol. The number of benzene rings is 2. The molecule has 1 amide bonds. The molecule has 0 aromatic heterocycles. The lowest BCUT2D eigenvalue weighted by atomic mass is 9.82. The van der Waals surface area contributed by atoms with Gasteiger partial charge in [0, 0.05) is 37.5 Å². The summed E-state index contributed by atoms with van der Waals surface area (Å²) in [6.07, 6.45) is 3.49. The molecule has 2 aliphatic heterocycles. The fourth-order valence-electron chi connectivity index (χ4n) is 5.98. The van der Waals surface area contributed by atoms with E-state index in [1.165, 1.54) is 6.07 Å².